The second-order valence-corrected chi connectivity index (χ2v) is 44.3. The van der Waals surface area contributed by atoms with Gasteiger partial charge in [-0.1, -0.05) is 354 Å². The van der Waals surface area contributed by atoms with E-state index in [2.05, 4.69) is 476 Å². The Bertz CT molecular complexity index is 6960. The molecule has 0 radical (unpaired) electrons. The van der Waals surface area contributed by atoms with Gasteiger partial charge in [0.2, 0.25) is 0 Å². The second kappa shape index (κ2) is 30.0. The molecule has 0 amide bonds. The largest absolute Gasteiger partial charge is 0.311 e. The Balaban J connectivity index is 1.03. The van der Waals surface area contributed by atoms with Crippen LogP contribution in [0.4, 0.5) is 34.1 Å². The van der Waals surface area contributed by atoms with Gasteiger partial charge in [0, 0.05) is 77.8 Å². The third-order valence-corrected chi connectivity index (χ3v) is 27.0. The van der Waals surface area contributed by atoms with Crippen molar-refractivity contribution in [3.8, 4) is 78.9 Å². The minimum absolute atomic E-state index is 0.0956. The molecular formula is C119H120BN7. The fraction of sp³-hybridized carbons (Fsp3) is 0.269. The van der Waals surface area contributed by atoms with Crippen molar-refractivity contribution >= 4 is 101 Å². The number of hydrogen-bond acceptors (Lipinski definition) is 5. The summed E-state index contributed by atoms with van der Waals surface area (Å²) in [4.78, 5) is 22.4. The maximum Gasteiger partial charge on any atom is 0.252 e. The second-order valence-electron chi connectivity index (χ2n) is 44.3. The molecule has 0 fully saturated rings. The molecule has 0 aliphatic carbocycles. The Labute approximate surface area is 753 Å². The SMILES string of the molecule is CC(C)(C)c1cc(-c2ccc3c(c2)N(c2ccc(C(C)(C)C)cc2-c2nc(-c4ccccc4)nc(-c4ccccc4)n2)c2cc(-n4c5ccc(C(C)(C)C)cc5c5cc(C(C)(C)C)ccc54)cc4c2B3c2ccc(-n3c5ccc(C(C)(C)C)cc5c5cc(C(C)(C)C)ccc53)cc2N4c2c(-c3ccccc3)cc(C(C)(C)C)cc2-c2ccccc2)cc(C(C)(C)C)c1. The first kappa shape index (κ1) is 83.9. The van der Waals surface area contributed by atoms with Crippen molar-refractivity contribution in [1.82, 2.24) is 24.1 Å². The van der Waals surface area contributed by atoms with Crippen molar-refractivity contribution in [1.29, 1.82) is 0 Å². The summed E-state index contributed by atoms with van der Waals surface area (Å²) in [7, 11) is 0. The van der Waals surface area contributed by atoms with Gasteiger partial charge in [0.05, 0.1) is 39.1 Å². The normalized spacial score (nSPS) is 13.5. The molecule has 2 aliphatic rings. The highest BCUT2D eigenvalue weighted by molar-refractivity contribution is 7.00. The molecule has 7 nitrogen and oxygen atoms in total. The van der Waals surface area contributed by atoms with Crippen molar-refractivity contribution in [2.45, 2.75) is 209 Å². The monoisotopic (exact) mass is 1660 g/mol. The van der Waals surface area contributed by atoms with Gasteiger partial charge in [0.1, 0.15) is 0 Å². The molecule has 0 spiro atoms. The Kier molecular flexibility index (Phi) is 19.8. The van der Waals surface area contributed by atoms with Gasteiger partial charge in [-0.3, -0.25) is 0 Å². The molecule has 0 atom stereocenters. The summed E-state index contributed by atoms with van der Waals surface area (Å²) >= 11 is 0. The van der Waals surface area contributed by atoms with E-state index in [1.165, 1.54) is 82.4 Å². The average Bonchev–Trinajstić information content (AvgIpc) is 1.13. The van der Waals surface area contributed by atoms with E-state index >= 15 is 0 Å². The average molecular weight is 1660 g/mol. The molecular weight excluding hydrogens is 1540 g/mol. The Hall–Kier alpha value is -12.6. The van der Waals surface area contributed by atoms with Crippen LogP contribution in [0.3, 0.4) is 0 Å². The number of anilines is 6. The highest BCUT2D eigenvalue weighted by Crippen LogP contribution is 2.55. The van der Waals surface area contributed by atoms with Crippen molar-refractivity contribution in [3.05, 3.63) is 336 Å². The van der Waals surface area contributed by atoms with Gasteiger partial charge in [-0.15, -0.1) is 0 Å². The van der Waals surface area contributed by atoms with Crippen LogP contribution in [0.2, 0.25) is 0 Å². The highest BCUT2D eigenvalue weighted by Gasteiger charge is 2.47. The summed E-state index contributed by atoms with van der Waals surface area (Å²) in [5.41, 5.74) is 34.8. The van der Waals surface area contributed by atoms with Crippen LogP contribution in [0.5, 0.6) is 0 Å². The van der Waals surface area contributed by atoms with Crippen LogP contribution in [-0.4, -0.2) is 30.8 Å². The Morgan fingerprint density at radius 3 is 0.937 bits per heavy atom. The number of hydrogen-bond donors (Lipinski definition) is 0. The molecule has 0 saturated carbocycles. The lowest BCUT2D eigenvalue weighted by Gasteiger charge is -2.46. The van der Waals surface area contributed by atoms with E-state index in [0.29, 0.717) is 17.5 Å². The van der Waals surface area contributed by atoms with Crippen LogP contribution in [0.15, 0.2) is 291 Å². The molecule has 0 N–H and O–H groups in total. The number of fused-ring (bicyclic) bond motifs is 10. The van der Waals surface area contributed by atoms with Crippen molar-refractivity contribution < 1.29 is 0 Å². The lowest BCUT2D eigenvalue weighted by Crippen LogP contribution is -2.61. The topological polar surface area (TPSA) is 55.0 Å². The number of aromatic nitrogens is 5. The van der Waals surface area contributed by atoms with Crippen LogP contribution >= 0.6 is 0 Å². The van der Waals surface area contributed by atoms with Gasteiger partial charge in [-0.05, 0) is 230 Å². The predicted molar refractivity (Wildman–Crippen MR) is 545 cm³/mol. The van der Waals surface area contributed by atoms with Gasteiger partial charge in [-0.2, -0.15) is 0 Å². The molecule has 8 heteroatoms. The summed E-state index contributed by atoms with van der Waals surface area (Å²) < 4.78 is 5.18. The van der Waals surface area contributed by atoms with Gasteiger partial charge >= 0.3 is 0 Å². The summed E-state index contributed by atoms with van der Waals surface area (Å²) in [6, 6.07) is 112. The molecule has 634 valence electrons. The van der Waals surface area contributed by atoms with Gasteiger partial charge in [-0.25, -0.2) is 15.0 Å². The Morgan fingerprint density at radius 1 is 0.213 bits per heavy atom. The standard InChI is InChI=1S/C119H120BN7/c1-112(2,3)79-46-54-98-91(63-79)92-64-80(113(4,5)6)47-55-99(92)124(98)87-51-53-97-104(70-87)127(108-89(73-37-29-25-30-38-73)68-86(119(22,23)24)69-90(108)74-39-31-26-32-40-74)106-72-88(125-100-56-48-81(114(7,8)9)65-93(100)94-66-82(115(10,11)12)49-57-101(94)125)71-105-107(106)120(97)96-52-45-77(78-59-84(117(16,17)18)62-85(60-78)118(19,20)21)61-103(96)126(105)102-58-50-83(116(13,14)15)67-95(102)111-122-109(75-41-33-27-34-42-75)121-110(123-111)76-43-35-28-36-44-76/h25-72H,1-24H3. The molecule has 3 aromatic heterocycles. The molecule has 5 heterocycles. The van der Waals surface area contributed by atoms with E-state index in [1.54, 1.807) is 0 Å². The summed E-state index contributed by atoms with van der Waals surface area (Å²) in [5, 5.41) is 4.92. The fourth-order valence-corrected chi connectivity index (χ4v) is 19.3. The smallest absolute Gasteiger partial charge is 0.252 e. The van der Waals surface area contributed by atoms with E-state index in [9.17, 15) is 0 Å². The lowest BCUT2D eigenvalue weighted by molar-refractivity contribution is 0.569. The molecule has 0 unspecified atom stereocenters. The molecule has 0 saturated heterocycles. The summed E-state index contributed by atoms with van der Waals surface area (Å²) in [6.45, 7) is 55.9. The number of benzene rings is 14. The summed E-state index contributed by atoms with van der Waals surface area (Å²) in [6.07, 6.45) is 0. The molecule has 17 aromatic rings. The van der Waals surface area contributed by atoms with Crippen molar-refractivity contribution in [2.24, 2.45) is 0 Å². The van der Waals surface area contributed by atoms with Crippen LogP contribution in [-0.2, 0) is 43.3 Å². The zero-order chi connectivity index (χ0) is 89.5. The van der Waals surface area contributed by atoms with Crippen LogP contribution in [0, 0.1) is 0 Å². The number of rotatable bonds is 10. The van der Waals surface area contributed by atoms with Crippen molar-refractivity contribution in [2.75, 3.05) is 9.80 Å². The van der Waals surface area contributed by atoms with Crippen LogP contribution in [0.1, 0.15) is 211 Å². The molecule has 127 heavy (non-hydrogen) atoms. The van der Waals surface area contributed by atoms with E-state index in [4.69, 9.17) is 15.0 Å². The summed E-state index contributed by atoms with van der Waals surface area (Å²) in [5.74, 6) is 1.77. The molecule has 14 aromatic carbocycles. The van der Waals surface area contributed by atoms with Gasteiger partial charge < -0.3 is 18.9 Å². The predicted octanol–water partition coefficient (Wildman–Crippen LogP) is 30.5. The van der Waals surface area contributed by atoms with Gasteiger partial charge in [0.15, 0.2) is 17.5 Å². The van der Waals surface area contributed by atoms with Gasteiger partial charge in [0.25, 0.3) is 6.71 Å². The first-order chi connectivity index (χ1) is 60.0. The number of nitrogens with zero attached hydrogens (tertiary/aromatic N) is 7. The maximum absolute atomic E-state index is 5.77. The highest BCUT2D eigenvalue weighted by atomic mass is 15.2. The first-order valence-corrected chi connectivity index (χ1v) is 45.7. The van der Waals surface area contributed by atoms with E-state index in [1.807, 2.05) is 0 Å². The minimum atomic E-state index is -0.354. The van der Waals surface area contributed by atoms with E-state index in [0.717, 1.165) is 118 Å². The van der Waals surface area contributed by atoms with Crippen molar-refractivity contribution in [3.63, 3.8) is 0 Å². The molecule has 19 rings (SSSR count). The van der Waals surface area contributed by atoms with E-state index in [-0.39, 0.29) is 50.0 Å². The third kappa shape index (κ3) is 15.0. The lowest BCUT2D eigenvalue weighted by atomic mass is 9.33. The fourth-order valence-electron chi connectivity index (χ4n) is 19.3. The first-order valence-electron chi connectivity index (χ1n) is 45.7. The molecule has 0 bridgehead atoms. The minimum Gasteiger partial charge on any atom is -0.311 e. The maximum atomic E-state index is 5.77. The van der Waals surface area contributed by atoms with Crippen LogP contribution in [0.25, 0.3) is 123 Å². The zero-order valence-electron chi connectivity index (χ0n) is 78.9. The Morgan fingerprint density at radius 2 is 0.535 bits per heavy atom. The van der Waals surface area contributed by atoms with E-state index < -0.39 is 0 Å². The zero-order valence-corrected chi connectivity index (χ0v) is 78.9. The quantitative estimate of drug-likeness (QED) is 0.128. The molecule has 2 aliphatic heterocycles. The third-order valence-electron chi connectivity index (χ3n) is 27.0. The van der Waals surface area contributed by atoms with Crippen LogP contribution < -0.4 is 26.2 Å².